The molecule has 10 heteroatoms. The zero-order chi connectivity index (χ0) is 26.0. The van der Waals surface area contributed by atoms with Crippen LogP contribution in [0.1, 0.15) is 38.7 Å². The van der Waals surface area contributed by atoms with E-state index in [0.29, 0.717) is 24.3 Å². The van der Waals surface area contributed by atoms with Gasteiger partial charge in [-0.2, -0.15) is 0 Å². The van der Waals surface area contributed by atoms with Crippen LogP contribution in [0.15, 0.2) is 48.5 Å². The summed E-state index contributed by atoms with van der Waals surface area (Å²) in [6, 6.07) is 11.3. The van der Waals surface area contributed by atoms with Crippen molar-refractivity contribution in [3.05, 3.63) is 59.9 Å². The number of ether oxygens (including phenoxy) is 1. The Bertz CT molecular complexity index is 1110. The molecule has 0 aromatic heterocycles. The third-order valence-electron chi connectivity index (χ3n) is 5.48. The number of nitrogens with one attached hydrogen (secondary N) is 1. The zero-order valence-electron chi connectivity index (χ0n) is 20.7. The lowest BCUT2D eigenvalue weighted by molar-refractivity contribution is -0.140. The lowest BCUT2D eigenvalue weighted by Gasteiger charge is -2.33. The molecule has 1 atom stereocenters. The fraction of sp³-hybridized carbons (Fsp3) is 0.440. The Morgan fingerprint density at radius 1 is 1.11 bits per heavy atom. The van der Waals surface area contributed by atoms with Gasteiger partial charge in [-0.1, -0.05) is 38.5 Å². The molecule has 0 saturated heterocycles. The predicted molar refractivity (Wildman–Crippen MR) is 134 cm³/mol. The van der Waals surface area contributed by atoms with E-state index in [4.69, 9.17) is 4.74 Å². The molecule has 0 unspecified atom stereocenters. The van der Waals surface area contributed by atoms with Crippen molar-refractivity contribution in [2.24, 2.45) is 0 Å². The number of carbonyl (C=O) groups is 2. The molecule has 0 saturated carbocycles. The van der Waals surface area contributed by atoms with Crippen molar-refractivity contribution in [3.8, 4) is 5.75 Å². The molecule has 0 aliphatic heterocycles. The number of sulfonamides is 1. The molecular weight excluding hydrogens is 473 g/mol. The molecule has 192 valence electrons. The van der Waals surface area contributed by atoms with Gasteiger partial charge in [-0.25, -0.2) is 12.8 Å². The van der Waals surface area contributed by atoms with E-state index in [2.05, 4.69) is 5.32 Å². The Labute approximate surface area is 207 Å². The highest BCUT2D eigenvalue weighted by molar-refractivity contribution is 7.92. The SMILES string of the molecule is CCCCNC(=O)[C@@H](CC)N(Cc1cccc(OC)c1)C(=O)CN(c1cccc(F)c1)S(C)(=O)=O. The molecule has 0 radical (unpaired) electrons. The molecule has 0 aliphatic carbocycles. The summed E-state index contributed by atoms with van der Waals surface area (Å²) in [5.41, 5.74) is 0.747. The van der Waals surface area contributed by atoms with Crippen LogP contribution in [0, 0.1) is 5.82 Å². The zero-order valence-corrected chi connectivity index (χ0v) is 21.5. The van der Waals surface area contributed by atoms with Gasteiger partial charge in [0.25, 0.3) is 0 Å². The van der Waals surface area contributed by atoms with E-state index in [1.54, 1.807) is 31.2 Å². The summed E-state index contributed by atoms with van der Waals surface area (Å²) in [5, 5.41) is 2.86. The number of halogens is 1. The van der Waals surface area contributed by atoms with Gasteiger partial charge in [-0.3, -0.25) is 13.9 Å². The topological polar surface area (TPSA) is 96.0 Å². The maximum atomic E-state index is 13.8. The third kappa shape index (κ3) is 8.24. The molecule has 8 nitrogen and oxygen atoms in total. The Morgan fingerprint density at radius 3 is 2.43 bits per heavy atom. The van der Waals surface area contributed by atoms with Gasteiger partial charge in [0.15, 0.2) is 0 Å². The lowest BCUT2D eigenvalue weighted by atomic mass is 10.1. The third-order valence-corrected chi connectivity index (χ3v) is 6.62. The highest BCUT2D eigenvalue weighted by atomic mass is 32.2. The van der Waals surface area contributed by atoms with Crippen LogP contribution in [0.3, 0.4) is 0 Å². The second kappa shape index (κ2) is 13.1. The molecule has 1 N–H and O–H groups in total. The monoisotopic (exact) mass is 507 g/mol. The number of anilines is 1. The number of rotatable bonds is 13. The van der Waals surface area contributed by atoms with Crippen LogP contribution in [0.4, 0.5) is 10.1 Å². The van der Waals surface area contributed by atoms with Crippen molar-refractivity contribution in [1.82, 2.24) is 10.2 Å². The lowest BCUT2D eigenvalue weighted by Crippen LogP contribution is -2.52. The Kier molecular flexibility index (Phi) is 10.5. The second-order valence-corrected chi connectivity index (χ2v) is 10.1. The predicted octanol–water partition coefficient (Wildman–Crippen LogP) is 3.32. The van der Waals surface area contributed by atoms with E-state index in [9.17, 15) is 22.4 Å². The fourth-order valence-corrected chi connectivity index (χ4v) is 4.48. The highest BCUT2D eigenvalue weighted by Crippen LogP contribution is 2.21. The maximum absolute atomic E-state index is 13.8. The number of hydrogen-bond donors (Lipinski definition) is 1. The number of amides is 2. The number of methoxy groups -OCH3 is 1. The summed E-state index contributed by atoms with van der Waals surface area (Å²) >= 11 is 0. The van der Waals surface area contributed by atoms with Crippen LogP contribution in [0.25, 0.3) is 0 Å². The first-order valence-corrected chi connectivity index (χ1v) is 13.4. The van der Waals surface area contributed by atoms with Crippen molar-refractivity contribution in [1.29, 1.82) is 0 Å². The standard InChI is InChI=1S/C25H34FN3O5S/c1-5-7-14-27-25(31)23(6-2)28(17-19-10-8-13-22(15-19)34-3)24(30)18-29(35(4,32)33)21-12-9-11-20(26)16-21/h8-13,15-16,23H,5-7,14,17-18H2,1-4H3,(H,27,31)/t23-/m1/s1. The molecule has 0 bridgehead atoms. The van der Waals surface area contributed by atoms with E-state index < -0.39 is 34.3 Å². The Balaban J connectivity index is 2.42. The van der Waals surface area contributed by atoms with Gasteiger partial charge >= 0.3 is 0 Å². The quantitative estimate of drug-likeness (QED) is 0.420. The molecule has 0 heterocycles. The number of unbranched alkanes of at least 4 members (excludes halogenated alkanes) is 1. The number of nitrogens with zero attached hydrogens (tertiary/aromatic N) is 2. The summed E-state index contributed by atoms with van der Waals surface area (Å²) < 4.78 is 45.0. The van der Waals surface area contributed by atoms with Gasteiger partial charge in [0.1, 0.15) is 24.2 Å². The molecule has 0 aliphatic rings. The molecule has 2 aromatic rings. The second-order valence-electron chi connectivity index (χ2n) is 8.19. The van der Waals surface area contributed by atoms with Crippen LogP contribution in [0.2, 0.25) is 0 Å². The Morgan fingerprint density at radius 2 is 1.83 bits per heavy atom. The average molecular weight is 508 g/mol. The van der Waals surface area contributed by atoms with E-state index in [1.165, 1.54) is 30.2 Å². The van der Waals surface area contributed by atoms with Crippen LogP contribution in [0.5, 0.6) is 5.75 Å². The van der Waals surface area contributed by atoms with Crippen molar-refractivity contribution >= 4 is 27.5 Å². The fourth-order valence-electron chi connectivity index (χ4n) is 3.64. The molecule has 2 rings (SSSR count). The number of benzene rings is 2. The van der Waals surface area contributed by atoms with Crippen molar-refractivity contribution < 1.29 is 27.1 Å². The summed E-state index contributed by atoms with van der Waals surface area (Å²) in [7, 11) is -2.39. The minimum atomic E-state index is -3.92. The van der Waals surface area contributed by atoms with Gasteiger partial charge in [-0.05, 0) is 48.7 Å². The largest absolute Gasteiger partial charge is 0.497 e. The van der Waals surface area contributed by atoms with Crippen LogP contribution >= 0.6 is 0 Å². The number of carbonyl (C=O) groups excluding carboxylic acids is 2. The van der Waals surface area contributed by atoms with E-state index in [0.717, 1.165) is 29.5 Å². The van der Waals surface area contributed by atoms with E-state index in [-0.39, 0.29) is 18.1 Å². The minimum absolute atomic E-state index is 0.0302. The van der Waals surface area contributed by atoms with Gasteiger partial charge in [0.2, 0.25) is 21.8 Å². The van der Waals surface area contributed by atoms with Gasteiger partial charge < -0.3 is 15.0 Å². The Hall–Kier alpha value is -3.14. The van der Waals surface area contributed by atoms with Crippen LogP contribution < -0.4 is 14.4 Å². The van der Waals surface area contributed by atoms with Gasteiger partial charge in [0, 0.05) is 13.1 Å². The molecule has 0 spiro atoms. The molecular formula is C25H34FN3O5S. The number of hydrogen-bond acceptors (Lipinski definition) is 5. The average Bonchev–Trinajstić information content (AvgIpc) is 2.81. The summed E-state index contributed by atoms with van der Waals surface area (Å²) in [6.07, 6.45) is 2.98. The normalized spacial score (nSPS) is 12.0. The molecule has 2 aromatic carbocycles. The molecule has 2 amide bonds. The van der Waals surface area contributed by atoms with Crippen molar-refractivity contribution in [3.63, 3.8) is 0 Å². The summed E-state index contributed by atoms with van der Waals surface area (Å²) in [4.78, 5) is 27.9. The summed E-state index contributed by atoms with van der Waals surface area (Å²) in [6.45, 7) is 3.76. The maximum Gasteiger partial charge on any atom is 0.244 e. The smallest absolute Gasteiger partial charge is 0.244 e. The minimum Gasteiger partial charge on any atom is -0.497 e. The van der Waals surface area contributed by atoms with E-state index >= 15 is 0 Å². The van der Waals surface area contributed by atoms with Crippen LogP contribution in [-0.2, 0) is 26.2 Å². The van der Waals surface area contributed by atoms with E-state index in [1.807, 2.05) is 6.92 Å². The molecule has 35 heavy (non-hydrogen) atoms. The molecule has 0 fully saturated rings. The van der Waals surface area contributed by atoms with Gasteiger partial charge in [-0.15, -0.1) is 0 Å². The highest BCUT2D eigenvalue weighted by Gasteiger charge is 2.31. The van der Waals surface area contributed by atoms with Crippen molar-refractivity contribution in [2.45, 2.75) is 45.7 Å². The van der Waals surface area contributed by atoms with Gasteiger partial charge in [0.05, 0.1) is 19.1 Å². The first-order valence-electron chi connectivity index (χ1n) is 11.5. The van der Waals surface area contributed by atoms with Crippen LogP contribution in [-0.4, -0.2) is 57.6 Å². The first-order chi connectivity index (χ1) is 16.6. The summed E-state index contributed by atoms with van der Waals surface area (Å²) in [5.74, 6) is -0.930. The van der Waals surface area contributed by atoms with Crippen molar-refractivity contribution in [2.75, 3.05) is 30.8 Å². The first kappa shape index (κ1) is 28.1.